The number of aromatic nitrogens is 2. The van der Waals surface area contributed by atoms with E-state index in [0.717, 1.165) is 18.5 Å². The Balaban J connectivity index is 2.33. The molecule has 0 radical (unpaired) electrons. The minimum absolute atomic E-state index is 0.0881. The summed E-state index contributed by atoms with van der Waals surface area (Å²) < 4.78 is 44.3. The first-order valence-electron chi connectivity index (χ1n) is 5.59. The first-order valence-corrected chi connectivity index (χ1v) is 7.08. The molecule has 0 aliphatic carbocycles. The highest BCUT2D eigenvalue weighted by atomic mass is 32.2. The summed E-state index contributed by atoms with van der Waals surface area (Å²) in [5, 5.41) is 12.3. The number of rotatable bonds is 5. The Kier molecular flexibility index (Phi) is 4.00. The molecule has 2 rings (SSSR count). The van der Waals surface area contributed by atoms with E-state index in [2.05, 4.69) is 19.4 Å². The Morgan fingerprint density at radius 1 is 1.48 bits per heavy atom. The third-order valence-electron chi connectivity index (χ3n) is 2.60. The first kappa shape index (κ1) is 15.1. The Morgan fingerprint density at radius 3 is 2.76 bits per heavy atom. The van der Waals surface area contributed by atoms with Crippen LogP contribution in [-0.2, 0) is 16.6 Å². The third-order valence-corrected chi connectivity index (χ3v) is 3.98. The minimum atomic E-state index is -4.03. The number of halogens is 1. The lowest BCUT2D eigenvalue weighted by atomic mass is 10.1. The Morgan fingerprint density at radius 2 is 2.19 bits per heavy atom. The van der Waals surface area contributed by atoms with Crippen LogP contribution in [0.1, 0.15) is 21.7 Å². The molecule has 0 bridgehead atoms. The number of nitrogens with one attached hydrogen (secondary N) is 1. The Hall–Kier alpha value is -2.33. The fraction of sp³-hybridized carbons (Fsp3) is 0.182. The predicted octanol–water partition coefficient (Wildman–Crippen LogP) is 0.694. The standard InChI is InChI=1S/C11H10FN3O5S/c1-6-2-7(3-8(10(6)12)11(16)17)21(18,19)14-4-9-13-5-20-15-9/h2-3,5,14H,4H2,1H3,(H,16,17). The summed E-state index contributed by atoms with van der Waals surface area (Å²) in [4.78, 5) is 14.2. The van der Waals surface area contributed by atoms with Gasteiger partial charge in [-0.2, -0.15) is 4.98 Å². The van der Waals surface area contributed by atoms with Gasteiger partial charge in [0.25, 0.3) is 0 Å². The number of aromatic carboxylic acids is 1. The maximum atomic E-state index is 13.6. The highest BCUT2D eigenvalue weighted by Crippen LogP contribution is 2.19. The molecule has 8 nitrogen and oxygen atoms in total. The summed E-state index contributed by atoms with van der Waals surface area (Å²) in [6.07, 6.45) is 1.04. The van der Waals surface area contributed by atoms with Gasteiger partial charge in [-0.15, -0.1) is 0 Å². The number of sulfonamides is 1. The molecule has 21 heavy (non-hydrogen) atoms. The van der Waals surface area contributed by atoms with Gasteiger partial charge in [-0.1, -0.05) is 5.16 Å². The number of carboxylic acid groups (broad SMARTS) is 1. The van der Waals surface area contributed by atoms with E-state index in [1.165, 1.54) is 6.92 Å². The van der Waals surface area contributed by atoms with Crippen molar-refractivity contribution in [2.24, 2.45) is 0 Å². The summed E-state index contributed by atoms with van der Waals surface area (Å²) in [6.45, 7) is 1.04. The molecule has 0 unspecified atom stereocenters. The Labute approximate surface area is 118 Å². The van der Waals surface area contributed by atoms with Crippen LogP contribution < -0.4 is 4.72 Å². The monoisotopic (exact) mass is 315 g/mol. The van der Waals surface area contributed by atoms with Gasteiger partial charge in [0.15, 0.2) is 5.82 Å². The molecule has 0 saturated heterocycles. The molecule has 0 atom stereocenters. The van der Waals surface area contributed by atoms with Crippen LogP contribution in [-0.4, -0.2) is 29.6 Å². The molecule has 2 aromatic rings. The molecule has 0 aliphatic heterocycles. The van der Waals surface area contributed by atoms with Crippen LogP contribution in [0.3, 0.4) is 0 Å². The lowest BCUT2D eigenvalue weighted by Gasteiger charge is -2.08. The summed E-state index contributed by atoms with van der Waals surface area (Å²) >= 11 is 0. The summed E-state index contributed by atoms with van der Waals surface area (Å²) in [6, 6.07) is 1.80. The molecule has 10 heteroatoms. The normalized spacial score (nSPS) is 11.5. The van der Waals surface area contributed by atoms with Crippen LogP contribution in [0, 0.1) is 12.7 Å². The second kappa shape index (κ2) is 5.58. The van der Waals surface area contributed by atoms with Crippen molar-refractivity contribution in [1.82, 2.24) is 14.9 Å². The van der Waals surface area contributed by atoms with Crippen LogP contribution in [0.25, 0.3) is 0 Å². The fourth-order valence-corrected chi connectivity index (χ4v) is 2.65. The molecule has 0 saturated carbocycles. The van der Waals surface area contributed by atoms with E-state index >= 15 is 0 Å². The number of hydrogen-bond donors (Lipinski definition) is 2. The number of carbonyl (C=O) groups is 1. The van der Waals surface area contributed by atoms with Crippen LogP contribution in [0.5, 0.6) is 0 Å². The molecular weight excluding hydrogens is 305 g/mol. The maximum absolute atomic E-state index is 13.6. The topological polar surface area (TPSA) is 122 Å². The Bertz CT molecular complexity index is 773. The van der Waals surface area contributed by atoms with Crippen LogP contribution in [0.2, 0.25) is 0 Å². The predicted molar refractivity (Wildman–Crippen MR) is 66.4 cm³/mol. The largest absolute Gasteiger partial charge is 0.478 e. The molecule has 0 amide bonds. The van der Waals surface area contributed by atoms with E-state index in [1.54, 1.807) is 0 Å². The number of carboxylic acids is 1. The van der Waals surface area contributed by atoms with Crippen molar-refractivity contribution in [3.8, 4) is 0 Å². The fourth-order valence-electron chi connectivity index (χ4n) is 1.56. The second-order valence-electron chi connectivity index (χ2n) is 4.08. The van der Waals surface area contributed by atoms with Gasteiger partial charge in [0.05, 0.1) is 17.0 Å². The van der Waals surface area contributed by atoms with E-state index in [0.29, 0.717) is 0 Å². The molecular formula is C11H10FN3O5S. The molecule has 1 aromatic heterocycles. The average molecular weight is 315 g/mol. The zero-order valence-electron chi connectivity index (χ0n) is 10.7. The van der Waals surface area contributed by atoms with Gasteiger partial charge in [0.2, 0.25) is 16.4 Å². The highest BCUT2D eigenvalue weighted by Gasteiger charge is 2.21. The van der Waals surface area contributed by atoms with Crippen molar-refractivity contribution < 1.29 is 27.2 Å². The van der Waals surface area contributed by atoms with Crippen molar-refractivity contribution in [3.63, 3.8) is 0 Å². The van der Waals surface area contributed by atoms with Gasteiger partial charge in [0, 0.05) is 0 Å². The highest BCUT2D eigenvalue weighted by molar-refractivity contribution is 7.89. The van der Waals surface area contributed by atoms with Crippen molar-refractivity contribution in [2.45, 2.75) is 18.4 Å². The minimum Gasteiger partial charge on any atom is -0.478 e. The second-order valence-corrected chi connectivity index (χ2v) is 5.85. The first-order chi connectivity index (χ1) is 9.81. The van der Waals surface area contributed by atoms with Crippen molar-refractivity contribution >= 4 is 16.0 Å². The smallest absolute Gasteiger partial charge is 0.338 e. The summed E-state index contributed by atoms with van der Waals surface area (Å²) in [7, 11) is -4.03. The van der Waals surface area contributed by atoms with Gasteiger partial charge in [-0.25, -0.2) is 22.3 Å². The number of hydrogen-bond acceptors (Lipinski definition) is 6. The quantitative estimate of drug-likeness (QED) is 0.832. The molecule has 1 heterocycles. The van der Waals surface area contributed by atoms with Gasteiger partial charge >= 0.3 is 5.97 Å². The number of aryl methyl sites for hydroxylation is 1. The van der Waals surface area contributed by atoms with E-state index in [9.17, 15) is 17.6 Å². The number of benzene rings is 1. The lowest BCUT2D eigenvalue weighted by molar-refractivity contribution is 0.0691. The van der Waals surface area contributed by atoms with E-state index < -0.39 is 27.4 Å². The molecule has 0 aliphatic rings. The molecule has 0 spiro atoms. The summed E-state index contributed by atoms with van der Waals surface area (Å²) in [5.74, 6) is -2.42. The van der Waals surface area contributed by atoms with Gasteiger partial charge in [0.1, 0.15) is 5.82 Å². The summed E-state index contributed by atoms with van der Waals surface area (Å²) in [5.41, 5.74) is -0.801. The zero-order chi connectivity index (χ0) is 15.6. The average Bonchev–Trinajstić information content (AvgIpc) is 2.92. The lowest BCUT2D eigenvalue weighted by Crippen LogP contribution is -2.24. The van der Waals surface area contributed by atoms with Crippen molar-refractivity contribution in [1.29, 1.82) is 0 Å². The van der Waals surface area contributed by atoms with Gasteiger partial charge < -0.3 is 9.63 Å². The van der Waals surface area contributed by atoms with Crippen molar-refractivity contribution in [2.75, 3.05) is 0 Å². The molecule has 112 valence electrons. The molecule has 0 fully saturated rings. The van der Waals surface area contributed by atoms with E-state index in [-0.39, 0.29) is 22.8 Å². The van der Waals surface area contributed by atoms with Crippen LogP contribution >= 0.6 is 0 Å². The number of nitrogens with zero attached hydrogens (tertiary/aromatic N) is 2. The SMILES string of the molecule is Cc1cc(S(=O)(=O)NCc2ncon2)cc(C(=O)O)c1F. The van der Waals surface area contributed by atoms with Crippen LogP contribution in [0.4, 0.5) is 4.39 Å². The zero-order valence-corrected chi connectivity index (χ0v) is 11.5. The molecule has 2 N–H and O–H groups in total. The maximum Gasteiger partial charge on any atom is 0.338 e. The van der Waals surface area contributed by atoms with E-state index in [1.807, 2.05) is 0 Å². The van der Waals surface area contributed by atoms with Gasteiger partial charge in [-0.3, -0.25) is 0 Å². The van der Waals surface area contributed by atoms with Crippen LogP contribution in [0.15, 0.2) is 27.9 Å². The van der Waals surface area contributed by atoms with Gasteiger partial charge in [-0.05, 0) is 24.6 Å². The van der Waals surface area contributed by atoms with Crippen molar-refractivity contribution in [3.05, 3.63) is 41.3 Å². The molecule has 1 aromatic carbocycles. The third kappa shape index (κ3) is 3.23. The van der Waals surface area contributed by atoms with E-state index in [4.69, 9.17) is 5.11 Å².